The fourth-order valence-electron chi connectivity index (χ4n) is 1.45. The summed E-state index contributed by atoms with van der Waals surface area (Å²) < 4.78 is 0. The van der Waals surface area contributed by atoms with Crippen LogP contribution in [0.4, 0.5) is 11.4 Å². The molecule has 2 aromatic carbocycles. The summed E-state index contributed by atoms with van der Waals surface area (Å²) in [5.41, 5.74) is 6.76. The molecule has 4 nitrogen and oxygen atoms in total. The van der Waals surface area contributed by atoms with Crippen LogP contribution in [0.15, 0.2) is 42.5 Å². The Balaban J connectivity index is 2.21. The SMILES string of the molecule is Nc1ccc(O)c(NC(=O)c2ccc(Cl)cc2)c1. The minimum absolute atomic E-state index is 0.0356. The van der Waals surface area contributed by atoms with E-state index >= 15 is 0 Å². The Kier molecular flexibility index (Phi) is 3.39. The number of halogens is 1. The van der Waals surface area contributed by atoms with Gasteiger partial charge in [-0.25, -0.2) is 0 Å². The summed E-state index contributed by atoms with van der Waals surface area (Å²) in [5.74, 6) is -0.376. The van der Waals surface area contributed by atoms with Gasteiger partial charge in [0, 0.05) is 16.3 Å². The maximum absolute atomic E-state index is 11.9. The molecule has 0 atom stereocenters. The Labute approximate surface area is 109 Å². The molecule has 18 heavy (non-hydrogen) atoms. The van der Waals surface area contributed by atoms with Gasteiger partial charge < -0.3 is 16.2 Å². The highest BCUT2D eigenvalue weighted by molar-refractivity contribution is 6.30. The third-order valence-corrected chi connectivity index (χ3v) is 2.63. The number of hydrogen-bond donors (Lipinski definition) is 3. The summed E-state index contributed by atoms with van der Waals surface area (Å²) in [6.45, 7) is 0. The maximum Gasteiger partial charge on any atom is 0.255 e. The molecule has 4 N–H and O–H groups in total. The van der Waals surface area contributed by atoms with E-state index in [2.05, 4.69) is 5.32 Å². The van der Waals surface area contributed by atoms with Crippen LogP contribution in [0, 0.1) is 0 Å². The molecule has 0 bridgehead atoms. The number of carbonyl (C=O) groups is 1. The predicted molar refractivity (Wildman–Crippen MR) is 71.9 cm³/mol. The highest BCUT2D eigenvalue weighted by Crippen LogP contribution is 2.25. The van der Waals surface area contributed by atoms with Crippen LogP contribution in [0.3, 0.4) is 0 Å². The molecule has 0 aliphatic heterocycles. The third-order valence-electron chi connectivity index (χ3n) is 2.38. The lowest BCUT2D eigenvalue weighted by Crippen LogP contribution is -2.12. The zero-order chi connectivity index (χ0) is 13.1. The molecule has 0 aliphatic carbocycles. The zero-order valence-corrected chi connectivity index (χ0v) is 10.1. The second-order valence-electron chi connectivity index (χ2n) is 3.74. The first-order valence-electron chi connectivity index (χ1n) is 5.21. The summed E-state index contributed by atoms with van der Waals surface area (Å²) in [6.07, 6.45) is 0. The number of nitrogens with one attached hydrogen (secondary N) is 1. The van der Waals surface area contributed by atoms with Crippen molar-refractivity contribution in [3.05, 3.63) is 53.1 Å². The smallest absolute Gasteiger partial charge is 0.255 e. The maximum atomic E-state index is 11.9. The molecule has 0 saturated heterocycles. The summed E-state index contributed by atoms with van der Waals surface area (Å²) in [5, 5.41) is 12.7. The summed E-state index contributed by atoms with van der Waals surface area (Å²) >= 11 is 5.73. The van der Waals surface area contributed by atoms with Crippen LogP contribution in [0.1, 0.15) is 10.4 Å². The van der Waals surface area contributed by atoms with E-state index in [4.69, 9.17) is 17.3 Å². The molecular weight excluding hydrogens is 252 g/mol. The highest BCUT2D eigenvalue weighted by Gasteiger charge is 2.09. The fraction of sp³-hybridized carbons (Fsp3) is 0. The van der Waals surface area contributed by atoms with Gasteiger partial charge in [0.1, 0.15) is 5.75 Å². The molecule has 0 saturated carbocycles. The lowest BCUT2D eigenvalue weighted by atomic mass is 10.2. The van der Waals surface area contributed by atoms with Crippen molar-refractivity contribution in [2.24, 2.45) is 0 Å². The van der Waals surface area contributed by atoms with Crippen molar-refractivity contribution in [2.75, 3.05) is 11.1 Å². The molecular formula is C13H11ClN2O2. The number of nitrogen functional groups attached to an aromatic ring is 1. The number of aromatic hydroxyl groups is 1. The molecule has 1 amide bonds. The quantitative estimate of drug-likeness (QED) is 0.442. The minimum atomic E-state index is -0.340. The Morgan fingerprint density at radius 1 is 1.17 bits per heavy atom. The number of nitrogens with two attached hydrogens (primary N) is 1. The Bertz CT molecular complexity index is 582. The first kappa shape index (κ1) is 12.3. The Morgan fingerprint density at radius 3 is 2.50 bits per heavy atom. The lowest BCUT2D eigenvalue weighted by Gasteiger charge is -2.08. The van der Waals surface area contributed by atoms with Crippen LogP contribution in [-0.2, 0) is 0 Å². The molecule has 2 rings (SSSR count). The van der Waals surface area contributed by atoms with E-state index < -0.39 is 0 Å². The van der Waals surface area contributed by atoms with Gasteiger partial charge in [-0.1, -0.05) is 11.6 Å². The van der Waals surface area contributed by atoms with Gasteiger partial charge in [-0.2, -0.15) is 0 Å². The largest absolute Gasteiger partial charge is 0.506 e. The van der Waals surface area contributed by atoms with Gasteiger partial charge in [-0.15, -0.1) is 0 Å². The number of anilines is 2. The summed E-state index contributed by atoms with van der Waals surface area (Å²) in [7, 11) is 0. The predicted octanol–water partition coefficient (Wildman–Crippen LogP) is 2.88. The Hall–Kier alpha value is -2.20. The average Bonchev–Trinajstić information content (AvgIpc) is 2.34. The highest BCUT2D eigenvalue weighted by atomic mass is 35.5. The first-order chi connectivity index (χ1) is 8.56. The van der Waals surface area contributed by atoms with Crippen molar-refractivity contribution < 1.29 is 9.90 Å². The lowest BCUT2D eigenvalue weighted by molar-refractivity contribution is 0.102. The van der Waals surface area contributed by atoms with Crippen molar-refractivity contribution in [1.29, 1.82) is 0 Å². The number of carbonyl (C=O) groups excluding carboxylic acids is 1. The monoisotopic (exact) mass is 262 g/mol. The van der Waals surface area contributed by atoms with E-state index in [1.165, 1.54) is 12.1 Å². The van der Waals surface area contributed by atoms with Gasteiger partial charge in [0.2, 0.25) is 0 Å². The number of phenolic OH excluding ortho intramolecular Hbond substituents is 1. The van der Waals surface area contributed by atoms with E-state index in [0.29, 0.717) is 16.3 Å². The van der Waals surface area contributed by atoms with Gasteiger partial charge in [0.05, 0.1) is 5.69 Å². The van der Waals surface area contributed by atoms with Gasteiger partial charge in [-0.05, 0) is 42.5 Å². The second-order valence-corrected chi connectivity index (χ2v) is 4.17. The molecule has 0 aromatic heterocycles. The number of benzene rings is 2. The molecule has 0 fully saturated rings. The van der Waals surface area contributed by atoms with Crippen LogP contribution >= 0.6 is 11.6 Å². The third kappa shape index (κ3) is 2.73. The van der Waals surface area contributed by atoms with Crippen LogP contribution in [0.5, 0.6) is 5.75 Å². The Morgan fingerprint density at radius 2 is 1.83 bits per heavy atom. The van der Waals surface area contributed by atoms with E-state index in [9.17, 15) is 9.90 Å². The van der Waals surface area contributed by atoms with Crippen molar-refractivity contribution in [1.82, 2.24) is 0 Å². The number of hydrogen-bond acceptors (Lipinski definition) is 3. The molecule has 2 aromatic rings. The van der Waals surface area contributed by atoms with Crippen molar-refractivity contribution in [3.63, 3.8) is 0 Å². The summed E-state index contributed by atoms with van der Waals surface area (Å²) in [6, 6.07) is 10.9. The standard InChI is InChI=1S/C13H11ClN2O2/c14-9-3-1-8(2-4-9)13(18)16-11-7-10(15)5-6-12(11)17/h1-7,17H,15H2,(H,16,18). The van der Waals surface area contributed by atoms with Crippen molar-refractivity contribution >= 4 is 28.9 Å². The van der Waals surface area contributed by atoms with Gasteiger partial charge in [0.25, 0.3) is 5.91 Å². The van der Waals surface area contributed by atoms with Crippen LogP contribution in [-0.4, -0.2) is 11.0 Å². The minimum Gasteiger partial charge on any atom is -0.506 e. The first-order valence-corrected chi connectivity index (χ1v) is 5.59. The fourth-order valence-corrected chi connectivity index (χ4v) is 1.58. The van der Waals surface area contributed by atoms with Gasteiger partial charge in [0.15, 0.2) is 0 Å². The van der Waals surface area contributed by atoms with Crippen molar-refractivity contribution in [2.45, 2.75) is 0 Å². The number of phenols is 1. The van der Waals surface area contributed by atoms with Gasteiger partial charge in [-0.3, -0.25) is 4.79 Å². The van der Waals surface area contributed by atoms with E-state index in [1.54, 1.807) is 30.3 Å². The normalized spacial score (nSPS) is 10.1. The molecule has 0 radical (unpaired) electrons. The van der Waals surface area contributed by atoms with Crippen molar-refractivity contribution in [3.8, 4) is 5.75 Å². The van der Waals surface area contributed by atoms with Crippen LogP contribution < -0.4 is 11.1 Å². The number of amides is 1. The van der Waals surface area contributed by atoms with Crippen LogP contribution in [0.25, 0.3) is 0 Å². The van der Waals surface area contributed by atoms with E-state index in [-0.39, 0.29) is 17.3 Å². The molecule has 92 valence electrons. The molecule has 5 heteroatoms. The molecule has 0 aliphatic rings. The molecule has 0 unspecified atom stereocenters. The summed E-state index contributed by atoms with van der Waals surface area (Å²) in [4.78, 5) is 11.9. The average molecular weight is 263 g/mol. The van der Waals surface area contributed by atoms with Crippen LogP contribution in [0.2, 0.25) is 5.02 Å². The topological polar surface area (TPSA) is 75.3 Å². The zero-order valence-electron chi connectivity index (χ0n) is 9.35. The molecule has 0 heterocycles. The van der Waals surface area contributed by atoms with E-state index in [1.807, 2.05) is 0 Å². The molecule has 0 spiro atoms. The van der Waals surface area contributed by atoms with Gasteiger partial charge >= 0.3 is 0 Å². The van der Waals surface area contributed by atoms with E-state index in [0.717, 1.165) is 0 Å². The number of rotatable bonds is 2. The second kappa shape index (κ2) is 4.98.